The Labute approximate surface area is 111 Å². The molecule has 18 heavy (non-hydrogen) atoms. The monoisotopic (exact) mass is 269 g/mol. The Morgan fingerprint density at radius 1 is 1.33 bits per heavy atom. The van der Waals surface area contributed by atoms with Crippen molar-refractivity contribution in [1.82, 2.24) is 5.32 Å². The van der Waals surface area contributed by atoms with E-state index in [2.05, 4.69) is 5.32 Å². The Balaban J connectivity index is 2.41. The fourth-order valence-electron chi connectivity index (χ4n) is 1.52. The molecule has 0 aliphatic carbocycles. The van der Waals surface area contributed by atoms with Crippen LogP contribution in [0.25, 0.3) is 0 Å². The van der Waals surface area contributed by atoms with Gasteiger partial charge in [-0.2, -0.15) is 0 Å². The number of benzene rings is 1. The summed E-state index contributed by atoms with van der Waals surface area (Å²) in [5.41, 5.74) is 0.595. The molecule has 2 N–H and O–H groups in total. The van der Waals surface area contributed by atoms with E-state index in [1.165, 1.54) is 0 Å². The van der Waals surface area contributed by atoms with Crippen molar-refractivity contribution in [2.24, 2.45) is 0 Å². The molecular formula is C13H16ClNO3. The number of rotatable bonds is 7. The molecule has 0 spiro atoms. The highest BCUT2D eigenvalue weighted by molar-refractivity contribution is 6.30. The SMILES string of the molecule is CC(NCCCC(=O)O)C(=O)c1ccc(Cl)cc1. The van der Waals surface area contributed by atoms with Crippen molar-refractivity contribution in [2.75, 3.05) is 6.54 Å². The second kappa shape index (κ2) is 7.13. The Bertz CT molecular complexity index is 417. The second-order valence-electron chi connectivity index (χ2n) is 4.04. The molecule has 1 aromatic rings. The molecule has 1 aromatic carbocycles. The maximum atomic E-state index is 12.0. The van der Waals surface area contributed by atoms with Crippen molar-refractivity contribution in [3.8, 4) is 0 Å². The summed E-state index contributed by atoms with van der Waals surface area (Å²) in [7, 11) is 0. The van der Waals surface area contributed by atoms with Crippen molar-refractivity contribution in [3.63, 3.8) is 0 Å². The molecule has 0 fully saturated rings. The van der Waals surface area contributed by atoms with Gasteiger partial charge in [-0.15, -0.1) is 0 Å². The van der Waals surface area contributed by atoms with Crippen LogP contribution in [0.2, 0.25) is 5.02 Å². The average molecular weight is 270 g/mol. The minimum absolute atomic E-state index is 0.0259. The zero-order valence-corrected chi connectivity index (χ0v) is 10.9. The number of Topliss-reactive ketones (excluding diaryl/α,β-unsaturated/α-hetero) is 1. The Kier molecular flexibility index (Phi) is 5.82. The summed E-state index contributed by atoms with van der Waals surface area (Å²) >= 11 is 5.75. The highest BCUT2D eigenvalue weighted by Gasteiger charge is 2.14. The van der Waals surface area contributed by atoms with E-state index in [1.54, 1.807) is 31.2 Å². The number of nitrogens with one attached hydrogen (secondary N) is 1. The van der Waals surface area contributed by atoms with Crippen molar-refractivity contribution in [3.05, 3.63) is 34.9 Å². The topological polar surface area (TPSA) is 66.4 Å². The maximum absolute atomic E-state index is 12.0. The van der Waals surface area contributed by atoms with E-state index in [0.717, 1.165) is 0 Å². The first-order chi connectivity index (χ1) is 8.50. The van der Waals surface area contributed by atoms with Crippen molar-refractivity contribution in [2.45, 2.75) is 25.8 Å². The van der Waals surface area contributed by atoms with Crippen LogP contribution in [0.4, 0.5) is 0 Å². The van der Waals surface area contributed by atoms with Gasteiger partial charge in [0.1, 0.15) is 0 Å². The van der Waals surface area contributed by atoms with Crippen LogP contribution in [-0.2, 0) is 4.79 Å². The Morgan fingerprint density at radius 3 is 2.50 bits per heavy atom. The molecule has 0 bridgehead atoms. The summed E-state index contributed by atoms with van der Waals surface area (Å²) in [6, 6.07) is 6.37. The molecule has 1 atom stereocenters. The van der Waals surface area contributed by atoms with Crippen LogP contribution >= 0.6 is 11.6 Å². The molecule has 5 heteroatoms. The van der Waals surface area contributed by atoms with Gasteiger partial charge in [-0.25, -0.2) is 0 Å². The van der Waals surface area contributed by atoms with Gasteiger partial charge in [0.05, 0.1) is 6.04 Å². The lowest BCUT2D eigenvalue weighted by atomic mass is 10.1. The number of carbonyl (C=O) groups excluding carboxylic acids is 1. The van der Waals surface area contributed by atoms with E-state index < -0.39 is 5.97 Å². The lowest BCUT2D eigenvalue weighted by Gasteiger charge is -2.12. The second-order valence-corrected chi connectivity index (χ2v) is 4.48. The van der Waals surface area contributed by atoms with Gasteiger partial charge in [0, 0.05) is 17.0 Å². The highest BCUT2D eigenvalue weighted by Crippen LogP contribution is 2.11. The van der Waals surface area contributed by atoms with Gasteiger partial charge in [-0.3, -0.25) is 9.59 Å². The van der Waals surface area contributed by atoms with E-state index in [0.29, 0.717) is 23.6 Å². The summed E-state index contributed by atoms with van der Waals surface area (Å²) in [5.74, 6) is -0.851. The van der Waals surface area contributed by atoms with E-state index in [1.807, 2.05) is 0 Å². The zero-order chi connectivity index (χ0) is 13.5. The molecule has 0 amide bonds. The minimum atomic E-state index is -0.825. The van der Waals surface area contributed by atoms with Gasteiger partial charge in [0.2, 0.25) is 0 Å². The molecule has 1 rings (SSSR count). The van der Waals surface area contributed by atoms with Crippen LogP contribution < -0.4 is 5.32 Å². The summed E-state index contributed by atoms with van der Waals surface area (Å²) in [5, 5.41) is 12.1. The normalized spacial score (nSPS) is 12.1. The summed E-state index contributed by atoms with van der Waals surface area (Å²) in [4.78, 5) is 22.3. The van der Waals surface area contributed by atoms with Gasteiger partial charge in [0.15, 0.2) is 5.78 Å². The first-order valence-corrected chi connectivity index (χ1v) is 6.13. The molecule has 0 aliphatic rings. The Morgan fingerprint density at radius 2 is 1.94 bits per heavy atom. The predicted octanol–water partition coefficient (Wildman–Crippen LogP) is 2.37. The largest absolute Gasteiger partial charge is 0.481 e. The number of halogens is 1. The zero-order valence-electron chi connectivity index (χ0n) is 10.1. The predicted molar refractivity (Wildman–Crippen MR) is 70.1 cm³/mol. The fourth-order valence-corrected chi connectivity index (χ4v) is 1.64. The number of carbonyl (C=O) groups is 2. The smallest absolute Gasteiger partial charge is 0.303 e. The van der Waals surface area contributed by atoms with Gasteiger partial charge in [0.25, 0.3) is 0 Å². The van der Waals surface area contributed by atoms with Crippen LogP contribution in [-0.4, -0.2) is 29.4 Å². The maximum Gasteiger partial charge on any atom is 0.303 e. The van der Waals surface area contributed by atoms with E-state index >= 15 is 0 Å². The van der Waals surface area contributed by atoms with E-state index in [-0.39, 0.29) is 18.2 Å². The third-order valence-corrected chi connectivity index (χ3v) is 2.79. The lowest BCUT2D eigenvalue weighted by Crippen LogP contribution is -2.34. The standard InChI is InChI=1S/C13H16ClNO3/c1-9(15-8-2-3-12(16)17)13(18)10-4-6-11(14)7-5-10/h4-7,9,15H,2-3,8H2,1H3,(H,16,17). The van der Waals surface area contributed by atoms with Crippen LogP contribution in [0.1, 0.15) is 30.1 Å². The highest BCUT2D eigenvalue weighted by atomic mass is 35.5. The molecule has 0 aliphatic heterocycles. The number of carboxylic acid groups (broad SMARTS) is 1. The first-order valence-electron chi connectivity index (χ1n) is 5.75. The molecule has 98 valence electrons. The number of ketones is 1. The van der Waals surface area contributed by atoms with Crippen LogP contribution in [0, 0.1) is 0 Å². The van der Waals surface area contributed by atoms with Crippen LogP contribution in [0.3, 0.4) is 0 Å². The molecule has 0 saturated carbocycles. The first kappa shape index (κ1) is 14.7. The fraction of sp³-hybridized carbons (Fsp3) is 0.385. The number of carboxylic acids is 1. The molecule has 1 unspecified atom stereocenters. The molecule has 0 heterocycles. The van der Waals surface area contributed by atoms with Crippen LogP contribution in [0.5, 0.6) is 0 Å². The molecule has 0 saturated heterocycles. The molecule has 4 nitrogen and oxygen atoms in total. The quantitative estimate of drug-likeness (QED) is 0.589. The summed E-state index contributed by atoms with van der Waals surface area (Å²) in [6.07, 6.45) is 0.614. The Hall–Kier alpha value is -1.39. The lowest BCUT2D eigenvalue weighted by molar-refractivity contribution is -0.137. The minimum Gasteiger partial charge on any atom is -0.481 e. The average Bonchev–Trinajstić information content (AvgIpc) is 2.34. The third kappa shape index (κ3) is 4.85. The van der Waals surface area contributed by atoms with E-state index in [4.69, 9.17) is 16.7 Å². The van der Waals surface area contributed by atoms with Crippen molar-refractivity contribution < 1.29 is 14.7 Å². The number of hydrogen-bond donors (Lipinski definition) is 2. The van der Waals surface area contributed by atoms with Crippen molar-refractivity contribution >= 4 is 23.4 Å². The summed E-state index contributed by atoms with van der Waals surface area (Å²) < 4.78 is 0. The van der Waals surface area contributed by atoms with Gasteiger partial charge >= 0.3 is 5.97 Å². The number of aliphatic carboxylic acids is 1. The van der Waals surface area contributed by atoms with Crippen LogP contribution in [0.15, 0.2) is 24.3 Å². The van der Waals surface area contributed by atoms with Gasteiger partial charge < -0.3 is 10.4 Å². The molecule has 0 radical (unpaired) electrons. The molecule has 0 aromatic heterocycles. The van der Waals surface area contributed by atoms with E-state index in [9.17, 15) is 9.59 Å². The number of hydrogen-bond acceptors (Lipinski definition) is 3. The summed E-state index contributed by atoms with van der Waals surface area (Å²) in [6.45, 7) is 2.27. The van der Waals surface area contributed by atoms with Gasteiger partial charge in [-0.1, -0.05) is 11.6 Å². The van der Waals surface area contributed by atoms with Gasteiger partial charge in [-0.05, 0) is 44.2 Å². The third-order valence-electron chi connectivity index (χ3n) is 2.54. The molecular weight excluding hydrogens is 254 g/mol. The van der Waals surface area contributed by atoms with Crippen molar-refractivity contribution in [1.29, 1.82) is 0 Å².